The molecule has 2 heterocycles. The minimum absolute atomic E-state index is 0.364. The van der Waals surface area contributed by atoms with E-state index < -0.39 is 19.7 Å². The number of ether oxygens (including phenoxy) is 1. The molecule has 2 aromatic heterocycles. The highest BCUT2D eigenvalue weighted by Crippen LogP contribution is 2.17. The Balaban J connectivity index is 1.68. The number of rotatable bonds is 7. The smallest absolute Gasteiger partial charge is 0.140 e. The third-order valence-electron chi connectivity index (χ3n) is 4.10. The molecule has 0 saturated heterocycles. The van der Waals surface area contributed by atoms with Gasteiger partial charge >= 0.3 is 0 Å². The van der Waals surface area contributed by atoms with Gasteiger partial charge in [0.1, 0.15) is 18.4 Å². The third kappa shape index (κ3) is 4.95. The van der Waals surface area contributed by atoms with E-state index in [1.165, 1.54) is 12.1 Å². The number of nitrogens with zero attached hydrogens (tertiary/aromatic N) is 3. The maximum atomic E-state index is 13.3. The summed E-state index contributed by atoms with van der Waals surface area (Å²) in [5.41, 5.74) is 2.17. The standard InChI is InChI=1S/C19H23F2N3OSi/c1-26(2,3)5-4-25-13-24-19-12-22-18(9-15(19)11-23-24)8-14-6-16(20)10-17(21)7-14/h6-7,9-12H,4-5,8,13H2,1-3H3. The van der Waals surface area contributed by atoms with Crippen molar-refractivity contribution < 1.29 is 13.5 Å². The van der Waals surface area contributed by atoms with Crippen molar-refractivity contribution in [3.8, 4) is 0 Å². The van der Waals surface area contributed by atoms with Gasteiger partial charge in [-0.1, -0.05) is 19.6 Å². The third-order valence-corrected chi connectivity index (χ3v) is 5.81. The molecule has 26 heavy (non-hydrogen) atoms. The first-order chi connectivity index (χ1) is 12.3. The predicted octanol–water partition coefficient (Wildman–Crippen LogP) is 4.61. The first kappa shape index (κ1) is 18.7. The van der Waals surface area contributed by atoms with Crippen LogP contribution in [0.1, 0.15) is 11.3 Å². The van der Waals surface area contributed by atoms with Crippen LogP contribution in [0, 0.1) is 11.6 Å². The summed E-state index contributed by atoms with van der Waals surface area (Å²) in [4.78, 5) is 4.41. The van der Waals surface area contributed by atoms with Crippen LogP contribution in [0.5, 0.6) is 0 Å². The Kier molecular flexibility index (Phi) is 5.48. The van der Waals surface area contributed by atoms with Crippen molar-refractivity contribution in [1.82, 2.24) is 14.8 Å². The van der Waals surface area contributed by atoms with Gasteiger partial charge in [0.05, 0.1) is 17.9 Å². The lowest BCUT2D eigenvalue weighted by Crippen LogP contribution is -2.22. The Morgan fingerprint density at radius 1 is 1.04 bits per heavy atom. The SMILES string of the molecule is C[Si](C)(C)CCOCn1ncc2cc(Cc3cc(F)cc(F)c3)ncc21. The summed E-state index contributed by atoms with van der Waals surface area (Å²) >= 11 is 0. The summed E-state index contributed by atoms with van der Waals surface area (Å²) in [6, 6.07) is 6.52. The van der Waals surface area contributed by atoms with Crippen molar-refractivity contribution in [3.63, 3.8) is 0 Å². The van der Waals surface area contributed by atoms with Crippen LogP contribution < -0.4 is 0 Å². The zero-order valence-corrected chi connectivity index (χ0v) is 16.3. The highest BCUT2D eigenvalue weighted by atomic mass is 28.3. The fourth-order valence-electron chi connectivity index (χ4n) is 2.67. The molecule has 0 amide bonds. The molecule has 0 fully saturated rings. The minimum atomic E-state index is -1.11. The molecule has 4 nitrogen and oxygen atoms in total. The van der Waals surface area contributed by atoms with Crippen LogP contribution in [0.4, 0.5) is 8.78 Å². The second-order valence-electron chi connectivity index (χ2n) is 7.68. The maximum absolute atomic E-state index is 13.3. The lowest BCUT2D eigenvalue weighted by atomic mass is 10.1. The van der Waals surface area contributed by atoms with Crippen LogP contribution in [-0.2, 0) is 17.9 Å². The van der Waals surface area contributed by atoms with Crippen LogP contribution in [0.25, 0.3) is 10.9 Å². The largest absolute Gasteiger partial charge is 0.360 e. The van der Waals surface area contributed by atoms with E-state index in [9.17, 15) is 8.78 Å². The normalized spacial score (nSPS) is 12.0. The van der Waals surface area contributed by atoms with Gasteiger partial charge < -0.3 is 4.74 Å². The topological polar surface area (TPSA) is 39.9 Å². The molecular weight excluding hydrogens is 352 g/mol. The van der Waals surface area contributed by atoms with Gasteiger partial charge in [0, 0.05) is 38.2 Å². The van der Waals surface area contributed by atoms with Gasteiger partial charge in [-0.2, -0.15) is 5.10 Å². The van der Waals surface area contributed by atoms with Gasteiger partial charge in [0.2, 0.25) is 0 Å². The number of pyridine rings is 1. The lowest BCUT2D eigenvalue weighted by Gasteiger charge is -2.15. The summed E-state index contributed by atoms with van der Waals surface area (Å²) in [6.45, 7) is 8.07. The van der Waals surface area contributed by atoms with Crippen LogP contribution in [0.3, 0.4) is 0 Å². The predicted molar refractivity (Wildman–Crippen MR) is 101 cm³/mol. The number of hydrogen-bond acceptors (Lipinski definition) is 3. The number of fused-ring (bicyclic) bond motifs is 1. The van der Waals surface area contributed by atoms with Crippen LogP contribution >= 0.6 is 0 Å². The molecule has 3 aromatic rings. The molecule has 7 heteroatoms. The van der Waals surface area contributed by atoms with E-state index in [1.54, 1.807) is 17.1 Å². The Labute approximate surface area is 152 Å². The quantitative estimate of drug-likeness (QED) is 0.447. The van der Waals surface area contributed by atoms with Crippen LogP contribution in [-0.4, -0.2) is 29.4 Å². The van der Waals surface area contributed by atoms with E-state index in [0.717, 1.165) is 35.3 Å². The first-order valence-electron chi connectivity index (χ1n) is 8.63. The summed E-state index contributed by atoms with van der Waals surface area (Å²) in [6.07, 6.45) is 3.85. The zero-order chi connectivity index (χ0) is 18.7. The molecule has 0 radical (unpaired) electrons. The zero-order valence-electron chi connectivity index (χ0n) is 15.3. The van der Waals surface area contributed by atoms with Crippen molar-refractivity contribution in [3.05, 3.63) is 59.6 Å². The van der Waals surface area contributed by atoms with Crippen molar-refractivity contribution in [2.24, 2.45) is 0 Å². The lowest BCUT2D eigenvalue weighted by molar-refractivity contribution is 0.0816. The average molecular weight is 375 g/mol. The van der Waals surface area contributed by atoms with Crippen LogP contribution in [0.2, 0.25) is 25.7 Å². The van der Waals surface area contributed by atoms with E-state index in [-0.39, 0.29) is 0 Å². The number of aromatic nitrogens is 3. The Hall–Kier alpha value is -2.12. The molecule has 1 aromatic carbocycles. The van der Waals surface area contributed by atoms with E-state index in [4.69, 9.17) is 4.74 Å². The highest BCUT2D eigenvalue weighted by Gasteiger charge is 2.12. The van der Waals surface area contributed by atoms with E-state index in [2.05, 4.69) is 29.7 Å². The van der Waals surface area contributed by atoms with Gasteiger partial charge in [-0.05, 0) is 29.8 Å². The second-order valence-corrected chi connectivity index (χ2v) is 13.3. The van der Waals surface area contributed by atoms with E-state index >= 15 is 0 Å². The molecule has 0 atom stereocenters. The highest BCUT2D eigenvalue weighted by molar-refractivity contribution is 6.76. The number of halogens is 2. The molecule has 138 valence electrons. The summed E-state index contributed by atoms with van der Waals surface area (Å²) < 4.78 is 34.2. The molecular formula is C19H23F2N3OSi. The second kappa shape index (κ2) is 7.63. The van der Waals surface area contributed by atoms with Crippen molar-refractivity contribution in [2.45, 2.75) is 38.8 Å². The van der Waals surface area contributed by atoms with Crippen molar-refractivity contribution in [1.29, 1.82) is 0 Å². The van der Waals surface area contributed by atoms with Crippen molar-refractivity contribution >= 4 is 19.0 Å². The molecule has 0 aliphatic heterocycles. The minimum Gasteiger partial charge on any atom is -0.360 e. The van der Waals surface area contributed by atoms with Crippen LogP contribution in [0.15, 0.2) is 36.7 Å². The van der Waals surface area contributed by atoms with Gasteiger partial charge in [0.25, 0.3) is 0 Å². The number of benzene rings is 1. The average Bonchev–Trinajstić information content (AvgIpc) is 2.92. The summed E-state index contributed by atoms with van der Waals surface area (Å²) in [5.74, 6) is -1.16. The van der Waals surface area contributed by atoms with E-state index in [0.29, 0.717) is 18.7 Å². The van der Waals surface area contributed by atoms with Crippen molar-refractivity contribution in [2.75, 3.05) is 6.61 Å². The molecule has 0 aliphatic rings. The molecule has 0 N–H and O–H groups in total. The monoisotopic (exact) mass is 375 g/mol. The summed E-state index contributed by atoms with van der Waals surface area (Å²) in [5, 5.41) is 5.28. The molecule has 0 saturated carbocycles. The fraction of sp³-hybridized carbons (Fsp3) is 0.368. The fourth-order valence-corrected chi connectivity index (χ4v) is 3.43. The first-order valence-corrected chi connectivity index (χ1v) is 12.3. The maximum Gasteiger partial charge on any atom is 0.140 e. The molecule has 0 aliphatic carbocycles. The van der Waals surface area contributed by atoms with E-state index in [1.807, 2.05) is 6.07 Å². The Morgan fingerprint density at radius 2 is 1.77 bits per heavy atom. The summed E-state index contributed by atoms with van der Waals surface area (Å²) in [7, 11) is -1.11. The molecule has 0 bridgehead atoms. The molecule has 0 spiro atoms. The van der Waals surface area contributed by atoms with Gasteiger partial charge in [-0.15, -0.1) is 0 Å². The van der Waals surface area contributed by atoms with Gasteiger partial charge in [-0.25, -0.2) is 13.5 Å². The molecule has 0 unspecified atom stereocenters. The number of hydrogen-bond donors (Lipinski definition) is 0. The Bertz CT molecular complexity index is 885. The van der Waals surface area contributed by atoms with Gasteiger partial charge in [-0.3, -0.25) is 4.98 Å². The molecule has 3 rings (SSSR count). The Morgan fingerprint density at radius 3 is 2.46 bits per heavy atom. The van der Waals surface area contributed by atoms with Gasteiger partial charge in [0.15, 0.2) is 0 Å².